The van der Waals surface area contributed by atoms with Gasteiger partial charge in [0.15, 0.2) is 11.5 Å². The molecule has 6 nitrogen and oxygen atoms in total. The second-order valence-corrected chi connectivity index (χ2v) is 6.70. The summed E-state index contributed by atoms with van der Waals surface area (Å²) in [6, 6.07) is 14.1. The van der Waals surface area contributed by atoms with Gasteiger partial charge in [-0.2, -0.15) is 4.98 Å². The molecule has 1 aliphatic heterocycles. The summed E-state index contributed by atoms with van der Waals surface area (Å²) in [6.45, 7) is 7.01. The zero-order valence-corrected chi connectivity index (χ0v) is 15.7. The number of hydrogen-bond donors (Lipinski definition) is 2. The van der Waals surface area contributed by atoms with Crippen LogP contribution in [0, 0.1) is 20.8 Å². The van der Waals surface area contributed by atoms with Crippen LogP contribution in [0.4, 0.5) is 17.5 Å². The molecule has 138 valence electrons. The molecule has 2 aromatic carbocycles. The third kappa shape index (κ3) is 3.95. The van der Waals surface area contributed by atoms with E-state index < -0.39 is 0 Å². The molecule has 0 saturated heterocycles. The zero-order valence-electron chi connectivity index (χ0n) is 15.7. The van der Waals surface area contributed by atoms with Crippen LogP contribution in [0.15, 0.2) is 42.5 Å². The van der Waals surface area contributed by atoms with E-state index in [9.17, 15) is 0 Å². The summed E-state index contributed by atoms with van der Waals surface area (Å²) in [5, 5.41) is 6.69. The van der Waals surface area contributed by atoms with Crippen molar-refractivity contribution in [3.63, 3.8) is 0 Å². The van der Waals surface area contributed by atoms with Crippen LogP contribution in [-0.4, -0.2) is 16.8 Å². The zero-order chi connectivity index (χ0) is 18.8. The Bertz CT molecular complexity index is 988. The summed E-state index contributed by atoms with van der Waals surface area (Å²) in [4.78, 5) is 9.10. The number of fused-ring (bicyclic) bond motifs is 1. The molecule has 3 aromatic rings. The summed E-state index contributed by atoms with van der Waals surface area (Å²) in [6.07, 6.45) is 0. The number of aromatic nitrogens is 2. The number of aryl methyl sites for hydroxylation is 3. The molecule has 0 amide bonds. The summed E-state index contributed by atoms with van der Waals surface area (Å²) in [5.41, 5.74) is 5.35. The smallest absolute Gasteiger partial charge is 0.231 e. The van der Waals surface area contributed by atoms with Crippen molar-refractivity contribution in [1.29, 1.82) is 0 Å². The maximum absolute atomic E-state index is 5.43. The van der Waals surface area contributed by atoms with E-state index in [4.69, 9.17) is 9.47 Å². The molecule has 1 aromatic heterocycles. The molecule has 6 heteroatoms. The van der Waals surface area contributed by atoms with Gasteiger partial charge in [-0.1, -0.05) is 18.2 Å². The first-order valence-electron chi connectivity index (χ1n) is 8.89. The average molecular weight is 362 g/mol. The SMILES string of the molecule is Cc1ccc(C)c(Nc2nc(C)cc(NCc3ccc4c(c3)OCO4)n2)c1. The maximum Gasteiger partial charge on any atom is 0.231 e. The van der Waals surface area contributed by atoms with E-state index in [1.165, 1.54) is 5.56 Å². The van der Waals surface area contributed by atoms with Crippen molar-refractivity contribution in [2.45, 2.75) is 27.3 Å². The first-order chi connectivity index (χ1) is 13.1. The lowest BCUT2D eigenvalue weighted by molar-refractivity contribution is 0.174. The number of nitrogens with zero attached hydrogens (tertiary/aromatic N) is 2. The van der Waals surface area contributed by atoms with Gasteiger partial charge in [-0.15, -0.1) is 0 Å². The fourth-order valence-electron chi connectivity index (χ4n) is 2.95. The van der Waals surface area contributed by atoms with E-state index in [0.717, 1.165) is 39.8 Å². The maximum atomic E-state index is 5.43. The minimum Gasteiger partial charge on any atom is -0.454 e. The molecule has 0 aliphatic carbocycles. The predicted molar refractivity (Wildman–Crippen MR) is 106 cm³/mol. The van der Waals surface area contributed by atoms with Gasteiger partial charge in [-0.3, -0.25) is 0 Å². The molecule has 0 unspecified atom stereocenters. The van der Waals surface area contributed by atoms with Gasteiger partial charge >= 0.3 is 0 Å². The molecular weight excluding hydrogens is 340 g/mol. The highest BCUT2D eigenvalue weighted by Gasteiger charge is 2.13. The van der Waals surface area contributed by atoms with Crippen LogP contribution < -0.4 is 20.1 Å². The molecule has 0 saturated carbocycles. The molecule has 0 fully saturated rings. The fourth-order valence-corrected chi connectivity index (χ4v) is 2.95. The Balaban J connectivity index is 1.49. The van der Waals surface area contributed by atoms with Gasteiger partial charge in [0.1, 0.15) is 5.82 Å². The van der Waals surface area contributed by atoms with Crippen molar-refractivity contribution >= 4 is 17.5 Å². The highest BCUT2D eigenvalue weighted by atomic mass is 16.7. The van der Waals surface area contributed by atoms with Gasteiger partial charge in [0.05, 0.1) is 0 Å². The van der Waals surface area contributed by atoms with E-state index in [-0.39, 0.29) is 6.79 Å². The minimum atomic E-state index is 0.282. The van der Waals surface area contributed by atoms with Crippen LogP contribution in [0.2, 0.25) is 0 Å². The standard InChI is InChI=1S/C21H22N4O2/c1-13-4-5-14(2)17(8-13)24-21-23-15(3)9-20(25-21)22-11-16-6-7-18-19(10-16)27-12-26-18/h4-10H,11-12H2,1-3H3,(H2,22,23,24,25). The van der Waals surface area contributed by atoms with Crippen LogP contribution in [0.25, 0.3) is 0 Å². The number of ether oxygens (including phenoxy) is 2. The van der Waals surface area contributed by atoms with Crippen LogP contribution in [0.3, 0.4) is 0 Å². The Hall–Kier alpha value is -3.28. The monoisotopic (exact) mass is 362 g/mol. The predicted octanol–water partition coefficient (Wildman–Crippen LogP) is 4.49. The normalized spacial score (nSPS) is 12.1. The molecule has 2 heterocycles. The number of benzene rings is 2. The van der Waals surface area contributed by atoms with Gasteiger partial charge in [-0.05, 0) is 55.7 Å². The quantitative estimate of drug-likeness (QED) is 0.697. The van der Waals surface area contributed by atoms with E-state index in [0.29, 0.717) is 12.5 Å². The molecular formula is C21H22N4O2. The first kappa shape index (κ1) is 17.1. The number of rotatable bonds is 5. The molecule has 0 spiro atoms. The second kappa shape index (κ2) is 7.15. The molecule has 2 N–H and O–H groups in total. The Labute approximate surface area is 158 Å². The molecule has 0 radical (unpaired) electrons. The first-order valence-corrected chi connectivity index (χ1v) is 8.89. The molecule has 0 atom stereocenters. The van der Waals surface area contributed by atoms with Crippen LogP contribution >= 0.6 is 0 Å². The van der Waals surface area contributed by atoms with Gasteiger partial charge in [0.25, 0.3) is 0 Å². The summed E-state index contributed by atoms with van der Waals surface area (Å²) in [7, 11) is 0. The van der Waals surface area contributed by atoms with Crippen molar-refractivity contribution < 1.29 is 9.47 Å². The Morgan fingerprint density at radius 3 is 2.67 bits per heavy atom. The lowest BCUT2D eigenvalue weighted by atomic mass is 10.1. The summed E-state index contributed by atoms with van der Waals surface area (Å²) in [5.74, 6) is 2.92. The van der Waals surface area contributed by atoms with E-state index in [1.807, 2.05) is 31.2 Å². The minimum absolute atomic E-state index is 0.282. The number of anilines is 3. The van der Waals surface area contributed by atoms with Crippen LogP contribution in [0.1, 0.15) is 22.4 Å². The highest BCUT2D eigenvalue weighted by Crippen LogP contribution is 2.32. The lowest BCUT2D eigenvalue weighted by Gasteiger charge is -2.12. The fraction of sp³-hybridized carbons (Fsp3) is 0.238. The van der Waals surface area contributed by atoms with Crippen LogP contribution in [-0.2, 0) is 6.54 Å². The third-order valence-electron chi connectivity index (χ3n) is 4.40. The van der Waals surface area contributed by atoms with Crippen molar-refractivity contribution in [1.82, 2.24) is 9.97 Å². The molecule has 27 heavy (non-hydrogen) atoms. The van der Waals surface area contributed by atoms with E-state index in [1.54, 1.807) is 0 Å². The summed E-state index contributed by atoms with van der Waals surface area (Å²) >= 11 is 0. The van der Waals surface area contributed by atoms with E-state index >= 15 is 0 Å². The second-order valence-electron chi connectivity index (χ2n) is 6.70. The number of hydrogen-bond acceptors (Lipinski definition) is 6. The van der Waals surface area contributed by atoms with Crippen molar-refractivity contribution in [3.8, 4) is 11.5 Å². The molecule has 0 bridgehead atoms. The van der Waals surface area contributed by atoms with Gasteiger partial charge in [0, 0.05) is 24.0 Å². The molecule has 1 aliphatic rings. The van der Waals surface area contributed by atoms with Crippen molar-refractivity contribution in [3.05, 3.63) is 64.8 Å². The van der Waals surface area contributed by atoms with Crippen molar-refractivity contribution in [2.24, 2.45) is 0 Å². The Morgan fingerprint density at radius 1 is 0.926 bits per heavy atom. The van der Waals surface area contributed by atoms with Gasteiger partial charge in [0.2, 0.25) is 12.7 Å². The van der Waals surface area contributed by atoms with Crippen LogP contribution in [0.5, 0.6) is 11.5 Å². The van der Waals surface area contributed by atoms with Crippen molar-refractivity contribution in [2.75, 3.05) is 17.4 Å². The summed E-state index contributed by atoms with van der Waals surface area (Å²) < 4.78 is 10.8. The number of nitrogens with one attached hydrogen (secondary N) is 2. The Morgan fingerprint density at radius 2 is 1.78 bits per heavy atom. The third-order valence-corrected chi connectivity index (χ3v) is 4.40. The van der Waals surface area contributed by atoms with E-state index in [2.05, 4.69) is 52.6 Å². The molecule has 4 rings (SSSR count). The lowest BCUT2D eigenvalue weighted by Crippen LogP contribution is -2.06. The topological polar surface area (TPSA) is 68.3 Å². The largest absolute Gasteiger partial charge is 0.454 e. The van der Waals surface area contributed by atoms with Gasteiger partial charge in [-0.25, -0.2) is 4.98 Å². The highest BCUT2D eigenvalue weighted by molar-refractivity contribution is 5.60. The Kier molecular flexibility index (Phi) is 4.54. The average Bonchev–Trinajstić information content (AvgIpc) is 3.10. The van der Waals surface area contributed by atoms with Gasteiger partial charge < -0.3 is 20.1 Å².